The van der Waals surface area contributed by atoms with Crippen molar-refractivity contribution in [2.75, 3.05) is 39.3 Å². The number of rotatable bonds is 8. The van der Waals surface area contributed by atoms with Crippen molar-refractivity contribution in [2.45, 2.75) is 46.1 Å². The van der Waals surface area contributed by atoms with Crippen molar-refractivity contribution in [3.8, 4) is 0 Å². The second-order valence-electron chi connectivity index (χ2n) is 5.53. The third-order valence-electron chi connectivity index (χ3n) is 3.28. The molecule has 0 spiro atoms. The molecule has 1 aliphatic rings. The van der Waals surface area contributed by atoms with Crippen molar-refractivity contribution in [3.63, 3.8) is 0 Å². The standard InChI is InChI=1S/C14H30N2O/c1-4-7-15-11-14-12-16(9-10-17-14)8-5-6-13(2)3/h13-15H,4-12H2,1-3H3. The Balaban J connectivity index is 2.10. The summed E-state index contributed by atoms with van der Waals surface area (Å²) in [5, 5.41) is 3.45. The van der Waals surface area contributed by atoms with Crippen molar-refractivity contribution in [3.05, 3.63) is 0 Å². The Morgan fingerprint density at radius 2 is 2.24 bits per heavy atom. The summed E-state index contributed by atoms with van der Waals surface area (Å²) >= 11 is 0. The van der Waals surface area contributed by atoms with Gasteiger partial charge in [0.15, 0.2) is 0 Å². The number of nitrogens with one attached hydrogen (secondary N) is 1. The summed E-state index contributed by atoms with van der Waals surface area (Å²) in [4.78, 5) is 2.56. The Labute approximate surface area is 107 Å². The first kappa shape index (κ1) is 14.9. The molecule has 3 heteroatoms. The lowest BCUT2D eigenvalue weighted by molar-refractivity contribution is -0.0274. The Morgan fingerprint density at radius 1 is 1.41 bits per heavy atom. The number of nitrogens with zero attached hydrogens (tertiary/aromatic N) is 1. The molecule has 1 saturated heterocycles. The topological polar surface area (TPSA) is 24.5 Å². The van der Waals surface area contributed by atoms with Gasteiger partial charge in [0.05, 0.1) is 12.7 Å². The SMILES string of the molecule is CCCNCC1CN(CCCC(C)C)CCO1. The fraction of sp³-hybridized carbons (Fsp3) is 1.00. The highest BCUT2D eigenvalue weighted by Crippen LogP contribution is 2.09. The van der Waals surface area contributed by atoms with Crippen LogP contribution in [0.1, 0.15) is 40.0 Å². The van der Waals surface area contributed by atoms with Crippen molar-refractivity contribution in [2.24, 2.45) is 5.92 Å². The maximum atomic E-state index is 5.78. The molecule has 0 bridgehead atoms. The lowest BCUT2D eigenvalue weighted by atomic mass is 10.1. The van der Waals surface area contributed by atoms with E-state index in [9.17, 15) is 0 Å². The smallest absolute Gasteiger partial charge is 0.0826 e. The van der Waals surface area contributed by atoms with E-state index in [2.05, 4.69) is 31.0 Å². The second-order valence-corrected chi connectivity index (χ2v) is 5.53. The predicted octanol–water partition coefficient (Wildman–Crippen LogP) is 2.12. The van der Waals surface area contributed by atoms with Crippen LogP contribution in [-0.4, -0.2) is 50.3 Å². The van der Waals surface area contributed by atoms with Crippen LogP contribution in [0.15, 0.2) is 0 Å². The number of morpholine rings is 1. The summed E-state index contributed by atoms with van der Waals surface area (Å²) in [7, 11) is 0. The fourth-order valence-corrected chi connectivity index (χ4v) is 2.27. The van der Waals surface area contributed by atoms with Crippen LogP contribution < -0.4 is 5.32 Å². The zero-order chi connectivity index (χ0) is 12.5. The zero-order valence-electron chi connectivity index (χ0n) is 11.9. The summed E-state index contributed by atoms with van der Waals surface area (Å²) < 4.78 is 5.78. The normalized spacial score (nSPS) is 22.2. The lowest BCUT2D eigenvalue weighted by Gasteiger charge is -2.33. The van der Waals surface area contributed by atoms with Crippen molar-refractivity contribution in [1.82, 2.24) is 10.2 Å². The monoisotopic (exact) mass is 242 g/mol. The molecule has 1 atom stereocenters. The van der Waals surface area contributed by atoms with E-state index >= 15 is 0 Å². The first-order valence-electron chi connectivity index (χ1n) is 7.27. The average Bonchev–Trinajstić information content (AvgIpc) is 2.29. The molecule has 1 fully saturated rings. The van der Waals surface area contributed by atoms with Gasteiger partial charge in [-0.3, -0.25) is 4.90 Å². The Bertz CT molecular complexity index is 185. The molecular formula is C14H30N2O. The summed E-state index contributed by atoms with van der Waals surface area (Å²) in [6, 6.07) is 0. The van der Waals surface area contributed by atoms with E-state index in [-0.39, 0.29) is 0 Å². The Kier molecular flexibility index (Phi) is 7.82. The minimum Gasteiger partial charge on any atom is -0.374 e. The van der Waals surface area contributed by atoms with Gasteiger partial charge in [0.25, 0.3) is 0 Å². The zero-order valence-corrected chi connectivity index (χ0v) is 11.9. The average molecular weight is 242 g/mol. The van der Waals surface area contributed by atoms with Crippen molar-refractivity contribution >= 4 is 0 Å². The Morgan fingerprint density at radius 3 is 2.94 bits per heavy atom. The van der Waals surface area contributed by atoms with Crippen LogP contribution in [0.4, 0.5) is 0 Å². The lowest BCUT2D eigenvalue weighted by Crippen LogP contribution is -2.47. The molecule has 0 saturated carbocycles. The van der Waals surface area contributed by atoms with Crippen LogP contribution in [0.25, 0.3) is 0 Å². The van der Waals surface area contributed by atoms with E-state index in [0.29, 0.717) is 6.10 Å². The largest absolute Gasteiger partial charge is 0.374 e. The van der Waals surface area contributed by atoms with Crippen molar-refractivity contribution < 1.29 is 4.74 Å². The quantitative estimate of drug-likeness (QED) is 0.660. The van der Waals surface area contributed by atoms with Gasteiger partial charge in [-0.2, -0.15) is 0 Å². The van der Waals surface area contributed by atoms with Crippen molar-refractivity contribution in [1.29, 1.82) is 0 Å². The summed E-state index contributed by atoms with van der Waals surface area (Å²) in [5.41, 5.74) is 0. The van der Waals surface area contributed by atoms with Gasteiger partial charge in [-0.1, -0.05) is 20.8 Å². The van der Waals surface area contributed by atoms with Gasteiger partial charge in [0.2, 0.25) is 0 Å². The van der Waals surface area contributed by atoms with Gasteiger partial charge in [-0.05, 0) is 38.3 Å². The highest BCUT2D eigenvalue weighted by molar-refractivity contribution is 4.73. The van der Waals surface area contributed by atoms with Crippen LogP contribution in [0.3, 0.4) is 0 Å². The van der Waals surface area contributed by atoms with Gasteiger partial charge < -0.3 is 10.1 Å². The van der Waals surface area contributed by atoms with Crippen LogP contribution in [-0.2, 0) is 4.74 Å². The maximum Gasteiger partial charge on any atom is 0.0826 e. The summed E-state index contributed by atoms with van der Waals surface area (Å²) in [6.07, 6.45) is 4.27. The highest BCUT2D eigenvalue weighted by Gasteiger charge is 2.19. The van der Waals surface area contributed by atoms with Gasteiger partial charge >= 0.3 is 0 Å². The maximum absolute atomic E-state index is 5.78. The molecule has 0 amide bonds. The second kappa shape index (κ2) is 8.90. The van der Waals surface area contributed by atoms with E-state index in [4.69, 9.17) is 4.74 Å². The van der Waals surface area contributed by atoms with E-state index in [1.807, 2.05) is 0 Å². The van der Waals surface area contributed by atoms with Crippen LogP contribution in [0.5, 0.6) is 0 Å². The van der Waals surface area contributed by atoms with E-state index in [0.717, 1.165) is 38.7 Å². The van der Waals surface area contributed by atoms with E-state index in [1.165, 1.54) is 25.8 Å². The minimum absolute atomic E-state index is 0.398. The summed E-state index contributed by atoms with van der Waals surface area (Å²) in [6.45, 7) is 13.3. The minimum atomic E-state index is 0.398. The molecule has 1 heterocycles. The molecule has 1 unspecified atom stereocenters. The van der Waals surface area contributed by atoms with E-state index in [1.54, 1.807) is 0 Å². The molecule has 102 valence electrons. The fourth-order valence-electron chi connectivity index (χ4n) is 2.27. The predicted molar refractivity (Wildman–Crippen MR) is 73.4 cm³/mol. The molecule has 0 aromatic carbocycles. The Hall–Kier alpha value is -0.120. The van der Waals surface area contributed by atoms with Gasteiger partial charge in [-0.15, -0.1) is 0 Å². The first-order chi connectivity index (χ1) is 8.22. The van der Waals surface area contributed by atoms with Crippen LogP contribution in [0.2, 0.25) is 0 Å². The molecule has 1 aliphatic heterocycles. The van der Waals surface area contributed by atoms with E-state index < -0.39 is 0 Å². The molecule has 0 radical (unpaired) electrons. The molecule has 0 aromatic heterocycles. The third-order valence-corrected chi connectivity index (χ3v) is 3.28. The van der Waals surface area contributed by atoms with Crippen LogP contribution >= 0.6 is 0 Å². The number of hydrogen-bond donors (Lipinski definition) is 1. The third kappa shape index (κ3) is 7.02. The highest BCUT2D eigenvalue weighted by atomic mass is 16.5. The number of ether oxygens (including phenoxy) is 1. The molecule has 1 N–H and O–H groups in total. The molecular weight excluding hydrogens is 212 g/mol. The number of hydrogen-bond acceptors (Lipinski definition) is 3. The van der Waals surface area contributed by atoms with Gasteiger partial charge in [0, 0.05) is 19.6 Å². The molecule has 0 aliphatic carbocycles. The first-order valence-corrected chi connectivity index (χ1v) is 7.27. The van der Waals surface area contributed by atoms with Gasteiger partial charge in [0.1, 0.15) is 0 Å². The molecule has 17 heavy (non-hydrogen) atoms. The summed E-state index contributed by atoms with van der Waals surface area (Å²) in [5.74, 6) is 0.832. The molecule has 0 aromatic rings. The molecule has 1 rings (SSSR count). The van der Waals surface area contributed by atoms with Gasteiger partial charge in [-0.25, -0.2) is 0 Å². The van der Waals surface area contributed by atoms with Crippen LogP contribution in [0, 0.1) is 5.92 Å². The molecule has 3 nitrogen and oxygen atoms in total.